The Balaban J connectivity index is 2.37. The second kappa shape index (κ2) is 5.97. The van der Waals surface area contributed by atoms with Gasteiger partial charge in [-0.1, -0.05) is 26.7 Å². The van der Waals surface area contributed by atoms with Gasteiger partial charge < -0.3 is 5.73 Å². The van der Waals surface area contributed by atoms with Crippen molar-refractivity contribution in [3.8, 4) is 0 Å². The van der Waals surface area contributed by atoms with Gasteiger partial charge in [-0.2, -0.15) is 0 Å². The second-order valence-corrected chi connectivity index (χ2v) is 5.36. The standard InChI is InChI=1S/C15H24FN3/c1-3-19(4-2)15(8-5-6-9-15)14(17)12-7-10-18-11-13(12)16/h7,10-11,14H,3-6,8-9,17H2,1-2H3. The molecule has 0 radical (unpaired) electrons. The molecule has 106 valence electrons. The first-order chi connectivity index (χ1) is 9.15. The topological polar surface area (TPSA) is 42.1 Å². The van der Waals surface area contributed by atoms with Crippen LogP contribution in [0.4, 0.5) is 4.39 Å². The van der Waals surface area contributed by atoms with Gasteiger partial charge in [0, 0.05) is 17.3 Å². The predicted molar refractivity (Wildman–Crippen MR) is 75.2 cm³/mol. The molecule has 0 aromatic carbocycles. The summed E-state index contributed by atoms with van der Waals surface area (Å²) in [6.07, 6.45) is 7.35. The Kier molecular flexibility index (Phi) is 4.53. The third kappa shape index (κ3) is 2.51. The van der Waals surface area contributed by atoms with E-state index in [-0.39, 0.29) is 17.4 Å². The largest absolute Gasteiger partial charge is 0.322 e. The first-order valence-corrected chi connectivity index (χ1v) is 7.25. The molecule has 1 heterocycles. The third-order valence-corrected chi connectivity index (χ3v) is 4.58. The first kappa shape index (κ1) is 14.4. The van der Waals surface area contributed by atoms with E-state index in [1.807, 2.05) is 0 Å². The molecule has 1 fully saturated rings. The zero-order valence-electron chi connectivity index (χ0n) is 11.9. The zero-order chi connectivity index (χ0) is 13.9. The van der Waals surface area contributed by atoms with Gasteiger partial charge in [0.05, 0.1) is 12.2 Å². The highest BCUT2D eigenvalue weighted by Crippen LogP contribution is 2.43. The van der Waals surface area contributed by atoms with Crippen molar-refractivity contribution in [2.45, 2.75) is 51.1 Å². The van der Waals surface area contributed by atoms with Gasteiger partial charge in [0.25, 0.3) is 0 Å². The van der Waals surface area contributed by atoms with Crippen molar-refractivity contribution in [2.24, 2.45) is 5.73 Å². The summed E-state index contributed by atoms with van der Waals surface area (Å²) in [5, 5.41) is 0. The van der Waals surface area contributed by atoms with Crippen molar-refractivity contribution in [1.29, 1.82) is 0 Å². The minimum Gasteiger partial charge on any atom is -0.322 e. The Labute approximate surface area is 115 Å². The van der Waals surface area contributed by atoms with Crippen molar-refractivity contribution in [1.82, 2.24) is 9.88 Å². The second-order valence-electron chi connectivity index (χ2n) is 5.36. The molecule has 0 bridgehead atoms. The predicted octanol–water partition coefficient (Wildman–Crippen LogP) is 2.88. The van der Waals surface area contributed by atoms with Crippen molar-refractivity contribution in [3.05, 3.63) is 29.8 Å². The number of nitrogens with two attached hydrogens (primary N) is 1. The van der Waals surface area contributed by atoms with Crippen LogP contribution in [0.2, 0.25) is 0 Å². The lowest BCUT2D eigenvalue weighted by atomic mass is 9.82. The molecule has 1 aromatic rings. The molecule has 1 saturated carbocycles. The molecule has 4 heteroatoms. The Morgan fingerprint density at radius 3 is 2.53 bits per heavy atom. The molecule has 1 atom stereocenters. The van der Waals surface area contributed by atoms with Crippen molar-refractivity contribution in [2.75, 3.05) is 13.1 Å². The van der Waals surface area contributed by atoms with Gasteiger partial charge in [0.15, 0.2) is 0 Å². The molecule has 1 aliphatic rings. The number of hydrogen-bond donors (Lipinski definition) is 1. The molecule has 0 amide bonds. The first-order valence-electron chi connectivity index (χ1n) is 7.25. The number of rotatable bonds is 5. The molecule has 1 aliphatic carbocycles. The van der Waals surface area contributed by atoms with E-state index in [2.05, 4.69) is 23.7 Å². The fourth-order valence-electron chi connectivity index (χ4n) is 3.59. The maximum absolute atomic E-state index is 14.0. The van der Waals surface area contributed by atoms with E-state index < -0.39 is 0 Å². The molecular formula is C15H24FN3. The number of nitrogens with zero attached hydrogens (tertiary/aromatic N) is 2. The summed E-state index contributed by atoms with van der Waals surface area (Å²) in [4.78, 5) is 6.22. The van der Waals surface area contributed by atoms with Crippen molar-refractivity contribution >= 4 is 0 Å². The van der Waals surface area contributed by atoms with Crippen LogP contribution in [-0.2, 0) is 0 Å². The van der Waals surface area contributed by atoms with Crippen LogP contribution >= 0.6 is 0 Å². The average molecular weight is 265 g/mol. The van der Waals surface area contributed by atoms with Gasteiger partial charge in [-0.3, -0.25) is 9.88 Å². The minimum absolute atomic E-state index is 0.0916. The molecular weight excluding hydrogens is 241 g/mol. The smallest absolute Gasteiger partial charge is 0.146 e. The Morgan fingerprint density at radius 2 is 2.00 bits per heavy atom. The van der Waals surface area contributed by atoms with Gasteiger partial charge in [0.1, 0.15) is 5.82 Å². The number of hydrogen-bond acceptors (Lipinski definition) is 3. The molecule has 0 aliphatic heterocycles. The van der Waals surface area contributed by atoms with Crippen LogP contribution in [0.1, 0.15) is 51.1 Å². The summed E-state index contributed by atoms with van der Waals surface area (Å²) in [6.45, 7) is 6.21. The molecule has 1 aromatic heterocycles. The van der Waals surface area contributed by atoms with E-state index in [1.54, 1.807) is 12.3 Å². The maximum atomic E-state index is 14.0. The van der Waals surface area contributed by atoms with Gasteiger partial charge >= 0.3 is 0 Å². The highest BCUT2D eigenvalue weighted by Gasteiger charge is 2.44. The number of halogens is 1. The Hall–Kier alpha value is -1.00. The summed E-state index contributed by atoms with van der Waals surface area (Å²) in [5.74, 6) is -0.284. The highest BCUT2D eigenvalue weighted by molar-refractivity contribution is 5.23. The highest BCUT2D eigenvalue weighted by atomic mass is 19.1. The van der Waals surface area contributed by atoms with E-state index in [4.69, 9.17) is 5.73 Å². The van der Waals surface area contributed by atoms with E-state index in [0.717, 1.165) is 25.9 Å². The van der Waals surface area contributed by atoms with Crippen LogP contribution in [0.3, 0.4) is 0 Å². The lowest BCUT2D eigenvalue weighted by Gasteiger charge is -2.45. The van der Waals surface area contributed by atoms with E-state index in [1.165, 1.54) is 19.0 Å². The normalized spacial score (nSPS) is 19.8. The fraction of sp³-hybridized carbons (Fsp3) is 0.667. The molecule has 1 unspecified atom stereocenters. The van der Waals surface area contributed by atoms with Gasteiger partial charge in [0.2, 0.25) is 0 Å². The molecule has 19 heavy (non-hydrogen) atoms. The minimum atomic E-state index is -0.284. The van der Waals surface area contributed by atoms with Crippen LogP contribution < -0.4 is 5.73 Å². The van der Waals surface area contributed by atoms with Gasteiger partial charge in [-0.15, -0.1) is 0 Å². The van der Waals surface area contributed by atoms with Gasteiger partial charge in [-0.05, 0) is 32.0 Å². The average Bonchev–Trinajstić information content (AvgIpc) is 2.90. The van der Waals surface area contributed by atoms with E-state index >= 15 is 0 Å². The number of aromatic nitrogens is 1. The summed E-state index contributed by atoms with van der Waals surface area (Å²) in [5.41, 5.74) is 6.99. The molecule has 0 saturated heterocycles. The molecule has 0 spiro atoms. The van der Waals surface area contributed by atoms with Gasteiger partial charge in [-0.25, -0.2) is 4.39 Å². The summed E-state index contributed by atoms with van der Waals surface area (Å²) < 4.78 is 14.0. The zero-order valence-corrected chi connectivity index (χ0v) is 11.9. The Morgan fingerprint density at radius 1 is 1.37 bits per heavy atom. The number of pyridine rings is 1. The summed E-state index contributed by atoms with van der Waals surface area (Å²) in [7, 11) is 0. The van der Waals surface area contributed by atoms with Crippen molar-refractivity contribution in [3.63, 3.8) is 0 Å². The maximum Gasteiger partial charge on any atom is 0.146 e. The summed E-state index contributed by atoms with van der Waals surface area (Å²) >= 11 is 0. The van der Waals surface area contributed by atoms with Crippen LogP contribution in [0, 0.1) is 5.82 Å². The molecule has 3 nitrogen and oxygen atoms in total. The number of likely N-dealkylation sites (N-methyl/N-ethyl adjacent to an activating group) is 1. The fourth-order valence-corrected chi connectivity index (χ4v) is 3.59. The lowest BCUT2D eigenvalue weighted by Crippen LogP contribution is -2.53. The van der Waals surface area contributed by atoms with Crippen LogP contribution in [0.15, 0.2) is 18.5 Å². The lowest BCUT2D eigenvalue weighted by molar-refractivity contribution is 0.0757. The van der Waals surface area contributed by atoms with E-state index in [9.17, 15) is 4.39 Å². The monoisotopic (exact) mass is 265 g/mol. The Bertz CT molecular complexity index is 412. The van der Waals surface area contributed by atoms with Crippen LogP contribution in [0.25, 0.3) is 0 Å². The van der Waals surface area contributed by atoms with Crippen LogP contribution in [-0.4, -0.2) is 28.5 Å². The van der Waals surface area contributed by atoms with Crippen LogP contribution in [0.5, 0.6) is 0 Å². The van der Waals surface area contributed by atoms with E-state index in [0.29, 0.717) is 5.56 Å². The quantitative estimate of drug-likeness (QED) is 0.890. The SMILES string of the molecule is CCN(CC)C1(C(N)c2ccncc2F)CCCC1. The summed E-state index contributed by atoms with van der Waals surface area (Å²) in [6, 6.07) is 1.45. The third-order valence-electron chi connectivity index (χ3n) is 4.58. The van der Waals surface area contributed by atoms with Crippen molar-refractivity contribution < 1.29 is 4.39 Å². The molecule has 2 N–H and O–H groups in total. The molecule has 2 rings (SSSR count).